The van der Waals surface area contributed by atoms with Crippen molar-refractivity contribution in [2.75, 3.05) is 7.11 Å². The summed E-state index contributed by atoms with van der Waals surface area (Å²) in [7, 11) is -2.66. The summed E-state index contributed by atoms with van der Waals surface area (Å²) < 4.78 is 28.7. The Balaban J connectivity index is 0.000000253. The van der Waals surface area contributed by atoms with Crippen LogP contribution in [0.25, 0.3) is 0 Å². The zero-order valence-corrected chi connectivity index (χ0v) is 53.1. The zero-order chi connectivity index (χ0) is 56.8. The maximum absolute atomic E-state index is 14.3. The van der Waals surface area contributed by atoms with Gasteiger partial charge in [0.2, 0.25) is 0 Å². The Morgan fingerprint density at radius 3 is 1.44 bits per heavy atom. The average molecular weight is 1130 g/mol. The van der Waals surface area contributed by atoms with Gasteiger partial charge in [0.05, 0.1) is 33.6 Å². The van der Waals surface area contributed by atoms with Crippen LogP contribution in [0.3, 0.4) is 0 Å². The van der Waals surface area contributed by atoms with E-state index in [2.05, 4.69) is 79.7 Å². The second kappa shape index (κ2) is 25.3. The van der Waals surface area contributed by atoms with Crippen molar-refractivity contribution >= 4 is 32.9 Å². The van der Waals surface area contributed by atoms with Gasteiger partial charge in [-0.15, -0.1) is 0 Å². The Hall–Kier alpha value is -2.34. The summed E-state index contributed by atoms with van der Waals surface area (Å²) in [5.74, 6) is 6.00. The molecule has 7 nitrogen and oxygen atoms in total. The zero-order valence-electron chi connectivity index (χ0n) is 52.8. The van der Waals surface area contributed by atoms with Gasteiger partial charge in [-0.25, -0.2) is 8.42 Å². The molecule has 0 amide bonds. The van der Waals surface area contributed by atoms with E-state index in [1.807, 2.05) is 54.6 Å². The van der Waals surface area contributed by atoms with Gasteiger partial charge in [-0.05, 0) is 239 Å². The third kappa shape index (κ3) is 11.8. The van der Waals surface area contributed by atoms with Crippen molar-refractivity contribution in [2.45, 2.75) is 224 Å². The molecule has 440 valence electrons. The van der Waals surface area contributed by atoms with Gasteiger partial charge in [-0.2, -0.15) is 0 Å². The molecule has 11 rings (SSSR count). The van der Waals surface area contributed by atoms with Gasteiger partial charge < -0.3 is 28.4 Å². The fourth-order valence-corrected chi connectivity index (χ4v) is 22.1. The smallest absolute Gasteiger partial charge is 1.00 e. The molecule has 0 aliphatic heterocycles. The number of aliphatic hydroxyl groups is 5. The van der Waals surface area contributed by atoms with E-state index in [4.69, 9.17) is 5.11 Å². The molecule has 0 radical (unpaired) electrons. The van der Waals surface area contributed by atoms with E-state index in [1.165, 1.54) is 50.5 Å². The predicted octanol–water partition coefficient (Wildman–Crippen LogP) is 15.6. The summed E-state index contributed by atoms with van der Waals surface area (Å²) in [6.45, 7) is 19.0. The molecule has 80 heavy (non-hydrogen) atoms. The van der Waals surface area contributed by atoms with Crippen LogP contribution in [0.15, 0.2) is 119 Å². The molecule has 19 atom stereocenters. The van der Waals surface area contributed by atoms with Gasteiger partial charge in [-0.1, -0.05) is 158 Å². The molecule has 3 aromatic carbocycles. The first-order chi connectivity index (χ1) is 37.6. The van der Waals surface area contributed by atoms with Gasteiger partial charge in [0.15, 0.2) is 9.84 Å². The van der Waals surface area contributed by atoms with E-state index >= 15 is 0 Å². The molecule has 6 fully saturated rings. The van der Waals surface area contributed by atoms with Gasteiger partial charge in [0, 0.05) is 7.11 Å². The number of benzene rings is 3. The SMILES string of the molecule is CC[C@]1(O)CC[C@@]2(C)C(=CC[C@H]3[C@@H]4CC[C@H]([C@H](C)C(C[C@@H](O)c5ccccc5)S(=O)(=O)c5ccccc5)[C@@]4(C)CC[C@@H]32)C1.CC[C@]1(O)CC[C@@]2(C)C(=CC[C@H]3[C@@H]4CC[C@H]([C@H](C)CC[C@@H](O)c5ccccc5)[C@@]4(C)CC[C@@H]32)C1.CO.[H-].[H-].[Mg+2]. The monoisotopic (exact) mass is 1130 g/mol. The second-order valence-electron chi connectivity index (χ2n) is 28.4. The summed E-state index contributed by atoms with van der Waals surface area (Å²) in [4.78, 5) is 0.359. The molecule has 8 aliphatic rings. The standard InChI is InChI=1S/C38H52O4S.C32H48O2.CH4O.Mg.2H/c1-5-38(40)23-22-36(3)28(25-38)16-17-30-32-19-18-31(37(32,4)21-20-33(30)36)26(2)35(24-34(39)27-12-8-6-9-13-27)43(41,42)29-14-10-7-11-15-29;1-5-32(34)20-19-30(3)24(21-32)12-13-25-27-15-14-26(31(27,4)18-17-28(25)30)22(2)11-16-29(33)23-9-7-6-8-10-23;1-2;;;/h6-16,26,30-35,39-40H,5,17-25H2,1-4H3;6-10,12,22,25-29,33-34H,5,11,13-21H2,1-4H3;2H,1H3;;;/q;;;+2;2*-1/t26-,30-,31+,32-,33-,34+,35?,36-,37+,38-;22-,25+,26-,27+,28+,29-,30+,31-,32+;;;;/m01..../s1. The number of rotatable bonds is 14. The van der Waals surface area contributed by atoms with Crippen LogP contribution in [0, 0.1) is 80.8 Å². The Morgan fingerprint density at radius 2 is 0.975 bits per heavy atom. The van der Waals surface area contributed by atoms with E-state index in [0.29, 0.717) is 45.3 Å². The third-order valence-electron chi connectivity index (χ3n) is 25.1. The Labute approximate surface area is 503 Å². The number of sulfone groups is 1. The Kier molecular flexibility index (Phi) is 20.1. The van der Waals surface area contributed by atoms with Crippen molar-refractivity contribution in [1.82, 2.24) is 0 Å². The minimum absolute atomic E-state index is 0. The summed E-state index contributed by atoms with van der Waals surface area (Å²) in [5, 5.41) is 50.6. The summed E-state index contributed by atoms with van der Waals surface area (Å²) in [6, 6.07) is 28.6. The molecule has 1 unspecified atom stereocenters. The van der Waals surface area contributed by atoms with E-state index < -0.39 is 32.4 Å². The van der Waals surface area contributed by atoms with E-state index in [-0.39, 0.29) is 55.2 Å². The van der Waals surface area contributed by atoms with Crippen molar-refractivity contribution < 1.29 is 36.8 Å². The molecule has 6 saturated carbocycles. The molecule has 0 spiro atoms. The largest absolute Gasteiger partial charge is 2.00 e. The van der Waals surface area contributed by atoms with E-state index in [1.54, 1.807) is 29.8 Å². The number of fused-ring (bicyclic) bond motifs is 10. The third-order valence-corrected chi connectivity index (χ3v) is 27.4. The maximum Gasteiger partial charge on any atom is 2.00 e. The Morgan fingerprint density at radius 1 is 0.550 bits per heavy atom. The first kappa shape index (κ1) is 63.7. The summed E-state index contributed by atoms with van der Waals surface area (Å²) in [5.41, 5.74) is 4.96. The van der Waals surface area contributed by atoms with Crippen molar-refractivity contribution in [2.24, 2.45) is 80.8 Å². The van der Waals surface area contributed by atoms with Crippen molar-refractivity contribution in [1.29, 1.82) is 0 Å². The molecule has 3 aromatic rings. The molecular weight excluding hydrogens is 1020 g/mol. The second-order valence-corrected chi connectivity index (χ2v) is 30.6. The van der Waals surface area contributed by atoms with Crippen molar-refractivity contribution in [3.63, 3.8) is 0 Å². The molecule has 0 bridgehead atoms. The summed E-state index contributed by atoms with van der Waals surface area (Å²) in [6.07, 6.45) is 26.0. The minimum Gasteiger partial charge on any atom is -1.00 e. The number of allylic oxidation sites excluding steroid dienone is 2. The predicted molar refractivity (Wildman–Crippen MR) is 329 cm³/mol. The minimum atomic E-state index is -3.66. The first-order valence-electron chi connectivity index (χ1n) is 31.7. The molecule has 0 aromatic heterocycles. The van der Waals surface area contributed by atoms with E-state index in [9.17, 15) is 28.8 Å². The van der Waals surface area contributed by atoms with Crippen LogP contribution in [0.4, 0.5) is 0 Å². The van der Waals surface area contributed by atoms with Crippen LogP contribution in [0.1, 0.15) is 216 Å². The Bertz CT molecular complexity index is 2690. The van der Waals surface area contributed by atoms with Crippen molar-refractivity contribution in [3.05, 3.63) is 125 Å². The summed E-state index contributed by atoms with van der Waals surface area (Å²) >= 11 is 0. The van der Waals surface area contributed by atoms with Crippen LogP contribution in [-0.2, 0) is 9.84 Å². The fourth-order valence-electron chi connectivity index (χ4n) is 20.1. The van der Waals surface area contributed by atoms with Gasteiger partial charge in [0.1, 0.15) is 0 Å². The van der Waals surface area contributed by atoms with Crippen LogP contribution in [0.5, 0.6) is 0 Å². The molecule has 5 N–H and O–H groups in total. The maximum atomic E-state index is 14.3. The normalized spacial score (nSPS) is 38.8. The molecule has 9 heteroatoms. The molecular formula is C71H106MgO7S. The van der Waals surface area contributed by atoms with Crippen LogP contribution >= 0.6 is 0 Å². The fraction of sp³-hybridized carbons (Fsp3) is 0.690. The quantitative estimate of drug-likeness (QED) is 0.0801. The number of hydrogen-bond donors (Lipinski definition) is 5. The molecule has 0 saturated heterocycles. The number of aliphatic hydroxyl groups excluding tert-OH is 3. The van der Waals surface area contributed by atoms with Gasteiger partial charge >= 0.3 is 23.1 Å². The molecule has 0 heterocycles. The first-order valence-corrected chi connectivity index (χ1v) is 33.2. The van der Waals surface area contributed by atoms with Crippen LogP contribution < -0.4 is 0 Å². The number of hydrogen-bond acceptors (Lipinski definition) is 7. The average Bonchev–Trinajstić information content (AvgIpc) is 4.22. The van der Waals surface area contributed by atoms with Crippen molar-refractivity contribution in [3.8, 4) is 0 Å². The van der Waals surface area contributed by atoms with Crippen LogP contribution in [-0.4, -0.2) is 80.6 Å². The van der Waals surface area contributed by atoms with Gasteiger partial charge in [0.25, 0.3) is 0 Å². The topological polar surface area (TPSA) is 135 Å². The van der Waals surface area contributed by atoms with E-state index in [0.717, 1.165) is 125 Å². The van der Waals surface area contributed by atoms with Crippen LogP contribution in [0.2, 0.25) is 0 Å². The van der Waals surface area contributed by atoms with Gasteiger partial charge in [-0.3, -0.25) is 0 Å². The molecule has 8 aliphatic carbocycles.